The third-order valence-electron chi connectivity index (χ3n) is 2.07. The first-order valence-electron chi connectivity index (χ1n) is 5.16. The summed E-state index contributed by atoms with van der Waals surface area (Å²) in [6.45, 7) is 5.78. The summed E-state index contributed by atoms with van der Waals surface area (Å²) in [5.74, 6) is -0.566. The molecule has 0 aliphatic heterocycles. The molecule has 1 rings (SSSR count). The fraction of sp³-hybridized carbons (Fsp3) is 0.364. The van der Waals surface area contributed by atoms with Crippen LogP contribution in [-0.2, 0) is 16.1 Å². The predicted octanol–water partition coefficient (Wildman–Crippen LogP) is 1.06. The minimum Gasteiger partial charge on any atom is -0.468 e. The van der Waals surface area contributed by atoms with E-state index in [9.17, 15) is 9.59 Å². The van der Waals surface area contributed by atoms with E-state index in [0.29, 0.717) is 12.2 Å². The zero-order valence-corrected chi connectivity index (χ0v) is 11.0. The average molecular weight is 272 g/mol. The molecule has 0 amide bonds. The van der Waals surface area contributed by atoms with Crippen molar-refractivity contribution >= 4 is 23.3 Å². The van der Waals surface area contributed by atoms with Gasteiger partial charge in [0, 0.05) is 6.54 Å². The first-order chi connectivity index (χ1) is 8.45. The van der Waals surface area contributed by atoms with Crippen molar-refractivity contribution < 1.29 is 9.53 Å². The Morgan fingerprint density at radius 1 is 1.67 bits per heavy atom. The van der Waals surface area contributed by atoms with Gasteiger partial charge in [0.1, 0.15) is 11.6 Å². The maximum atomic E-state index is 11.8. The predicted molar refractivity (Wildman–Crippen MR) is 68.8 cm³/mol. The van der Waals surface area contributed by atoms with Crippen molar-refractivity contribution in [3.8, 4) is 0 Å². The summed E-state index contributed by atoms with van der Waals surface area (Å²) >= 11 is 5.89. The molecule has 0 unspecified atom stereocenters. The molecule has 7 heteroatoms. The Hall–Kier alpha value is -1.82. The number of ether oxygens (including phenoxy) is 1. The number of methoxy groups -OCH3 is 1. The molecule has 0 saturated heterocycles. The molecule has 1 N–H and O–H groups in total. The lowest BCUT2D eigenvalue weighted by molar-refractivity contribution is -0.141. The number of nitrogens with one attached hydrogen (secondary N) is 1. The van der Waals surface area contributed by atoms with Crippen molar-refractivity contribution in [1.82, 2.24) is 9.78 Å². The van der Waals surface area contributed by atoms with E-state index >= 15 is 0 Å². The van der Waals surface area contributed by atoms with Crippen LogP contribution in [0.5, 0.6) is 0 Å². The van der Waals surface area contributed by atoms with Crippen LogP contribution in [0.3, 0.4) is 0 Å². The Morgan fingerprint density at radius 2 is 2.33 bits per heavy atom. The van der Waals surface area contributed by atoms with E-state index in [1.54, 1.807) is 0 Å². The number of esters is 1. The van der Waals surface area contributed by atoms with Crippen molar-refractivity contribution in [2.24, 2.45) is 0 Å². The highest BCUT2D eigenvalue weighted by Crippen LogP contribution is 2.15. The summed E-state index contributed by atoms with van der Waals surface area (Å²) in [6.07, 6.45) is 1.38. The van der Waals surface area contributed by atoms with Crippen LogP contribution in [0.25, 0.3) is 0 Å². The van der Waals surface area contributed by atoms with E-state index < -0.39 is 11.5 Å². The molecule has 0 aliphatic rings. The molecule has 0 aromatic carbocycles. The minimum atomic E-state index is -0.566. The van der Waals surface area contributed by atoms with Gasteiger partial charge in [0.15, 0.2) is 0 Å². The molecule has 98 valence electrons. The van der Waals surface area contributed by atoms with E-state index in [4.69, 9.17) is 11.6 Å². The van der Waals surface area contributed by atoms with E-state index in [1.807, 2.05) is 6.92 Å². The second-order valence-electron chi connectivity index (χ2n) is 3.72. The minimum absolute atomic E-state index is 0.0184. The molecule has 0 saturated carbocycles. The monoisotopic (exact) mass is 271 g/mol. The molecule has 0 radical (unpaired) electrons. The number of anilines is 1. The third-order valence-corrected chi connectivity index (χ3v) is 2.44. The van der Waals surface area contributed by atoms with Gasteiger partial charge in [-0.2, -0.15) is 5.10 Å². The molecule has 18 heavy (non-hydrogen) atoms. The van der Waals surface area contributed by atoms with Gasteiger partial charge in [-0.05, 0) is 6.92 Å². The van der Waals surface area contributed by atoms with Crippen molar-refractivity contribution in [2.75, 3.05) is 19.0 Å². The summed E-state index contributed by atoms with van der Waals surface area (Å²) in [5.41, 5.74) is 0.754. The van der Waals surface area contributed by atoms with E-state index in [0.717, 1.165) is 10.3 Å². The highest BCUT2D eigenvalue weighted by Gasteiger charge is 2.11. The molecule has 0 spiro atoms. The molecule has 1 heterocycles. The number of carbonyl (C=O) groups excluding carboxylic acids is 1. The van der Waals surface area contributed by atoms with Crippen LogP contribution in [0, 0.1) is 0 Å². The zero-order chi connectivity index (χ0) is 13.7. The standard InChI is InChI=1S/C11H14ClN3O3/c1-7(2)4-13-8-5-14-15(6-9(16)18-3)11(17)10(8)12/h5,13H,1,4,6H2,2-3H3. The normalized spacial score (nSPS) is 9.94. The summed E-state index contributed by atoms with van der Waals surface area (Å²) < 4.78 is 5.39. The number of rotatable bonds is 5. The maximum absolute atomic E-state index is 11.8. The number of carbonyl (C=O) groups is 1. The smallest absolute Gasteiger partial charge is 0.327 e. The van der Waals surface area contributed by atoms with Gasteiger partial charge >= 0.3 is 5.97 Å². The number of nitrogens with zero attached hydrogens (tertiary/aromatic N) is 2. The van der Waals surface area contributed by atoms with Gasteiger partial charge < -0.3 is 10.1 Å². The number of aromatic nitrogens is 2. The van der Waals surface area contributed by atoms with Crippen LogP contribution >= 0.6 is 11.6 Å². The van der Waals surface area contributed by atoms with Crippen molar-refractivity contribution in [3.05, 3.63) is 33.7 Å². The Balaban J connectivity index is 2.94. The quantitative estimate of drug-likeness (QED) is 0.640. The van der Waals surface area contributed by atoms with Crippen molar-refractivity contribution in [1.29, 1.82) is 0 Å². The molecule has 0 fully saturated rings. The Bertz CT molecular complexity index is 525. The van der Waals surface area contributed by atoms with Crippen LogP contribution in [0.4, 0.5) is 5.69 Å². The second kappa shape index (κ2) is 6.20. The average Bonchev–Trinajstić information content (AvgIpc) is 2.33. The fourth-order valence-electron chi connectivity index (χ4n) is 1.13. The number of halogens is 1. The molecule has 0 atom stereocenters. The molecule has 6 nitrogen and oxygen atoms in total. The summed E-state index contributed by atoms with van der Waals surface area (Å²) in [5, 5.41) is 6.74. The Morgan fingerprint density at radius 3 is 2.89 bits per heavy atom. The summed E-state index contributed by atoms with van der Waals surface area (Å²) in [7, 11) is 1.23. The van der Waals surface area contributed by atoms with Gasteiger partial charge in [0.2, 0.25) is 0 Å². The fourth-order valence-corrected chi connectivity index (χ4v) is 1.35. The van der Waals surface area contributed by atoms with Gasteiger partial charge in [-0.3, -0.25) is 9.59 Å². The van der Waals surface area contributed by atoms with Crippen LogP contribution in [-0.4, -0.2) is 29.4 Å². The lowest BCUT2D eigenvalue weighted by Gasteiger charge is -2.09. The summed E-state index contributed by atoms with van der Waals surface area (Å²) in [4.78, 5) is 22.8. The van der Waals surface area contributed by atoms with Gasteiger partial charge in [-0.15, -0.1) is 0 Å². The number of hydrogen-bond acceptors (Lipinski definition) is 5. The van der Waals surface area contributed by atoms with Gasteiger partial charge in [-0.25, -0.2) is 4.68 Å². The van der Waals surface area contributed by atoms with E-state index in [1.165, 1.54) is 13.3 Å². The molecule has 1 aromatic rings. The van der Waals surface area contributed by atoms with Crippen LogP contribution in [0.1, 0.15) is 6.92 Å². The first-order valence-corrected chi connectivity index (χ1v) is 5.54. The molecule has 1 aromatic heterocycles. The third kappa shape index (κ3) is 3.59. The topological polar surface area (TPSA) is 73.2 Å². The van der Waals surface area contributed by atoms with Gasteiger partial charge in [0.25, 0.3) is 5.56 Å². The highest BCUT2D eigenvalue weighted by molar-refractivity contribution is 6.32. The van der Waals surface area contributed by atoms with E-state index in [2.05, 4.69) is 21.7 Å². The van der Waals surface area contributed by atoms with Crippen molar-refractivity contribution in [2.45, 2.75) is 13.5 Å². The second-order valence-corrected chi connectivity index (χ2v) is 4.10. The van der Waals surface area contributed by atoms with Crippen LogP contribution < -0.4 is 10.9 Å². The van der Waals surface area contributed by atoms with Crippen molar-refractivity contribution in [3.63, 3.8) is 0 Å². The van der Waals surface area contributed by atoms with E-state index in [-0.39, 0.29) is 11.6 Å². The SMILES string of the molecule is C=C(C)CNc1cnn(CC(=O)OC)c(=O)c1Cl. The Kier molecular flexibility index (Phi) is 4.91. The van der Waals surface area contributed by atoms with Crippen LogP contribution in [0.2, 0.25) is 5.02 Å². The number of hydrogen-bond donors (Lipinski definition) is 1. The molecule has 0 aliphatic carbocycles. The summed E-state index contributed by atoms with van der Waals surface area (Å²) in [6, 6.07) is 0. The molecule has 0 bridgehead atoms. The van der Waals surface area contributed by atoms with Gasteiger partial charge in [0.05, 0.1) is 19.0 Å². The molecular formula is C11H14ClN3O3. The molecular weight excluding hydrogens is 258 g/mol. The van der Waals surface area contributed by atoms with Gasteiger partial charge in [-0.1, -0.05) is 23.8 Å². The lowest BCUT2D eigenvalue weighted by atomic mass is 10.3. The Labute approximate surface area is 109 Å². The first kappa shape index (κ1) is 14.2. The van der Waals surface area contributed by atoms with Crippen LogP contribution in [0.15, 0.2) is 23.1 Å². The highest BCUT2D eigenvalue weighted by atomic mass is 35.5. The largest absolute Gasteiger partial charge is 0.468 e. The lowest BCUT2D eigenvalue weighted by Crippen LogP contribution is -2.28. The maximum Gasteiger partial charge on any atom is 0.327 e. The zero-order valence-electron chi connectivity index (χ0n) is 10.2.